The summed E-state index contributed by atoms with van der Waals surface area (Å²) in [6.45, 7) is 4.51. The number of carbonyl (C=O) groups excluding carboxylic acids is 1. The van der Waals surface area contributed by atoms with Crippen LogP contribution in [0.4, 0.5) is 0 Å². The molecule has 4 nitrogen and oxygen atoms in total. The molecular formula is C12H17N3O. The summed E-state index contributed by atoms with van der Waals surface area (Å²) in [5.41, 5.74) is 8.40. The fourth-order valence-electron chi connectivity index (χ4n) is 3.78. The Kier molecular flexibility index (Phi) is 1.65. The molecule has 1 aromatic rings. The maximum absolute atomic E-state index is 11.4. The molecule has 4 heteroatoms. The first-order chi connectivity index (χ1) is 7.45. The number of aromatic nitrogens is 2. The van der Waals surface area contributed by atoms with Gasteiger partial charge in [0.05, 0.1) is 0 Å². The molecule has 1 aromatic heterocycles. The molecule has 2 N–H and O–H groups in total. The van der Waals surface area contributed by atoms with Gasteiger partial charge in [0.25, 0.3) is 5.91 Å². The highest BCUT2D eigenvalue weighted by Crippen LogP contribution is 2.60. The third-order valence-electron chi connectivity index (χ3n) is 4.68. The van der Waals surface area contributed by atoms with Crippen LogP contribution in [-0.2, 0) is 12.5 Å². The number of hydrogen-bond donors (Lipinski definition) is 1. The van der Waals surface area contributed by atoms with E-state index in [1.165, 1.54) is 12.1 Å². The van der Waals surface area contributed by atoms with Crippen molar-refractivity contribution >= 4 is 5.91 Å². The number of nitrogens with two attached hydrogens (primary N) is 1. The first kappa shape index (κ1) is 9.87. The molecule has 0 spiro atoms. The molecule has 0 aromatic carbocycles. The van der Waals surface area contributed by atoms with Gasteiger partial charge < -0.3 is 5.73 Å². The summed E-state index contributed by atoms with van der Waals surface area (Å²) in [5.74, 6) is 0.797. The first-order valence-corrected chi connectivity index (χ1v) is 5.82. The van der Waals surface area contributed by atoms with Crippen molar-refractivity contribution in [2.45, 2.75) is 38.0 Å². The predicted molar refractivity (Wildman–Crippen MR) is 60.2 cm³/mol. The Balaban J connectivity index is 2.29. The van der Waals surface area contributed by atoms with Gasteiger partial charge in [-0.25, -0.2) is 0 Å². The van der Waals surface area contributed by atoms with Gasteiger partial charge >= 0.3 is 0 Å². The lowest BCUT2D eigenvalue weighted by Crippen LogP contribution is -2.28. The van der Waals surface area contributed by atoms with E-state index >= 15 is 0 Å². The maximum atomic E-state index is 11.4. The molecular weight excluding hydrogens is 202 g/mol. The quantitative estimate of drug-likeness (QED) is 0.774. The number of hydrogen-bond acceptors (Lipinski definition) is 2. The summed E-state index contributed by atoms with van der Waals surface area (Å²) in [7, 11) is 1.92. The van der Waals surface area contributed by atoms with Gasteiger partial charge in [-0.2, -0.15) is 5.10 Å². The van der Waals surface area contributed by atoms with E-state index in [0.717, 1.165) is 12.0 Å². The molecule has 0 saturated heterocycles. The Morgan fingerprint density at radius 1 is 1.62 bits per heavy atom. The maximum Gasteiger partial charge on any atom is 0.269 e. The summed E-state index contributed by atoms with van der Waals surface area (Å²) in [5, 5.41) is 4.29. The molecule has 0 radical (unpaired) electrons. The van der Waals surface area contributed by atoms with Gasteiger partial charge in [0.1, 0.15) is 0 Å². The van der Waals surface area contributed by atoms with Crippen LogP contribution in [0.2, 0.25) is 0 Å². The number of rotatable bonds is 1. The Bertz CT molecular complexity index is 491. The lowest BCUT2D eigenvalue weighted by Gasteiger charge is -2.29. The summed E-state index contributed by atoms with van der Waals surface area (Å²) >= 11 is 0. The second-order valence-corrected chi connectivity index (χ2v) is 5.55. The van der Waals surface area contributed by atoms with Crippen molar-refractivity contribution in [3.05, 3.63) is 17.0 Å². The topological polar surface area (TPSA) is 60.9 Å². The van der Waals surface area contributed by atoms with Crippen LogP contribution in [0.1, 0.15) is 54.4 Å². The van der Waals surface area contributed by atoms with Gasteiger partial charge in [0.2, 0.25) is 0 Å². The number of amides is 1. The molecule has 1 heterocycles. The lowest BCUT2D eigenvalue weighted by molar-refractivity contribution is 0.0992. The molecule has 1 amide bonds. The minimum absolute atomic E-state index is 0.110. The van der Waals surface area contributed by atoms with E-state index in [1.54, 1.807) is 0 Å². The number of carbonyl (C=O) groups is 1. The summed E-state index contributed by atoms with van der Waals surface area (Å²) < 4.78 is 1.86. The molecule has 1 saturated carbocycles. The van der Waals surface area contributed by atoms with E-state index in [0.29, 0.717) is 17.5 Å². The highest BCUT2D eigenvalue weighted by Gasteiger charge is 2.54. The third-order valence-corrected chi connectivity index (χ3v) is 4.68. The summed E-state index contributed by atoms with van der Waals surface area (Å²) in [4.78, 5) is 11.4. The average molecular weight is 219 g/mol. The molecule has 2 bridgehead atoms. The monoisotopic (exact) mass is 219 g/mol. The van der Waals surface area contributed by atoms with Crippen molar-refractivity contribution in [1.82, 2.24) is 9.78 Å². The van der Waals surface area contributed by atoms with Crippen molar-refractivity contribution in [1.29, 1.82) is 0 Å². The smallest absolute Gasteiger partial charge is 0.269 e. The van der Waals surface area contributed by atoms with Crippen LogP contribution in [-0.4, -0.2) is 15.7 Å². The fraction of sp³-hybridized carbons (Fsp3) is 0.667. The Hall–Kier alpha value is -1.32. The average Bonchev–Trinajstić information content (AvgIpc) is 2.75. The lowest BCUT2D eigenvalue weighted by atomic mass is 9.74. The van der Waals surface area contributed by atoms with Crippen LogP contribution in [0, 0.1) is 5.92 Å². The van der Waals surface area contributed by atoms with Crippen molar-refractivity contribution in [3.63, 3.8) is 0 Å². The first-order valence-electron chi connectivity index (χ1n) is 5.82. The van der Waals surface area contributed by atoms with Crippen LogP contribution >= 0.6 is 0 Å². The van der Waals surface area contributed by atoms with Gasteiger partial charge in [0.15, 0.2) is 5.69 Å². The Morgan fingerprint density at radius 3 is 2.94 bits per heavy atom. The van der Waals surface area contributed by atoms with Gasteiger partial charge in [-0.05, 0) is 24.2 Å². The molecule has 86 valence electrons. The predicted octanol–water partition coefficient (Wildman–Crippen LogP) is 1.30. The van der Waals surface area contributed by atoms with Gasteiger partial charge in [-0.3, -0.25) is 9.48 Å². The molecule has 1 fully saturated rings. The van der Waals surface area contributed by atoms with E-state index in [-0.39, 0.29) is 5.41 Å². The van der Waals surface area contributed by atoms with Crippen LogP contribution in [0.5, 0.6) is 0 Å². The molecule has 2 aliphatic carbocycles. The zero-order chi connectivity index (χ0) is 11.7. The van der Waals surface area contributed by atoms with Crippen molar-refractivity contribution in [2.75, 3.05) is 0 Å². The van der Waals surface area contributed by atoms with Gasteiger partial charge in [0, 0.05) is 24.2 Å². The summed E-state index contributed by atoms with van der Waals surface area (Å²) in [6, 6.07) is 0. The number of primary amides is 1. The summed E-state index contributed by atoms with van der Waals surface area (Å²) in [6.07, 6.45) is 2.36. The minimum Gasteiger partial charge on any atom is -0.364 e. The van der Waals surface area contributed by atoms with E-state index < -0.39 is 5.91 Å². The second-order valence-electron chi connectivity index (χ2n) is 5.55. The second kappa shape index (κ2) is 2.67. The van der Waals surface area contributed by atoms with E-state index in [9.17, 15) is 4.79 Å². The molecule has 3 atom stereocenters. The van der Waals surface area contributed by atoms with E-state index in [1.807, 2.05) is 11.7 Å². The zero-order valence-corrected chi connectivity index (χ0v) is 9.95. The van der Waals surface area contributed by atoms with Crippen LogP contribution in [0.25, 0.3) is 0 Å². The largest absolute Gasteiger partial charge is 0.364 e. The SMILES string of the molecule is CC1CC2CC1(C)c1c(C(N)=O)nn(C)c12. The number of fused-ring (bicyclic) bond motifs is 5. The van der Waals surface area contributed by atoms with Crippen LogP contribution < -0.4 is 5.73 Å². The van der Waals surface area contributed by atoms with Gasteiger partial charge in [-0.15, -0.1) is 0 Å². The Morgan fingerprint density at radius 2 is 2.31 bits per heavy atom. The third kappa shape index (κ3) is 0.907. The van der Waals surface area contributed by atoms with Gasteiger partial charge in [-0.1, -0.05) is 13.8 Å². The normalized spacial score (nSPS) is 35.4. The standard InChI is InChI=1S/C12H17N3O/c1-6-4-7-5-12(6,2)8-9(11(13)16)14-15(3)10(7)8/h6-7H,4-5H2,1-3H3,(H2,13,16). The van der Waals surface area contributed by atoms with E-state index in [2.05, 4.69) is 18.9 Å². The molecule has 0 aliphatic heterocycles. The highest BCUT2D eigenvalue weighted by molar-refractivity contribution is 5.93. The van der Waals surface area contributed by atoms with Crippen LogP contribution in [0.3, 0.4) is 0 Å². The highest BCUT2D eigenvalue weighted by atomic mass is 16.1. The van der Waals surface area contributed by atoms with Crippen molar-refractivity contribution < 1.29 is 4.79 Å². The Labute approximate surface area is 94.8 Å². The fourth-order valence-corrected chi connectivity index (χ4v) is 3.78. The molecule has 3 unspecified atom stereocenters. The number of aryl methyl sites for hydroxylation is 1. The van der Waals surface area contributed by atoms with Crippen molar-refractivity contribution in [2.24, 2.45) is 18.7 Å². The minimum atomic E-state index is -0.391. The number of nitrogens with zero attached hydrogens (tertiary/aromatic N) is 2. The molecule has 3 rings (SSSR count). The van der Waals surface area contributed by atoms with Crippen molar-refractivity contribution in [3.8, 4) is 0 Å². The van der Waals surface area contributed by atoms with Crippen LogP contribution in [0.15, 0.2) is 0 Å². The van der Waals surface area contributed by atoms with E-state index in [4.69, 9.17) is 5.73 Å². The zero-order valence-electron chi connectivity index (χ0n) is 9.95. The molecule has 2 aliphatic rings. The molecule has 16 heavy (non-hydrogen) atoms.